The predicted molar refractivity (Wildman–Crippen MR) is 55.3 cm³/mol. The van der Waals surface area contributed by atoms with Crippen LogP contribution in [0.5, 0.6) is 0 Å². The van der Waals surface area contributed by atoms with E-state index in [0.29, 0.717) is 12.1 Å². The van der Waals surface area contributed by atoms with Crippen molar-refractivity contribution in [2.45, 2.75) is 25.3 Å². The first-order chi connectivity index (χ1) is 6.92. The van der Waals surface area contributed by atoms with Crippen LogP contribution in [0.4, 0.5) is 6.01 Å². The van der Waals surface area contributed by atoms with Gasteiger partial charge in [-0.25, -0.2) is 0 Å². The van der Waals surface area contributed by atoms with Gasteiger partial charge in [0, 0.05) is 6.04 Å². The number of benzene rings is 1. The highest BCUT2D eigenvalue weighted by Gasteiger charge is 2.18. The molecular formula is C11H12N2O. The molecule has 1 fully saturated rings. The first-order valence-electron chi connectivity index (χ1n) is 5.04. The zero-order chi connectivity index (χ0) is 9.38. The number of hydrogen-bond acceptors (Lipinski definition) is 3. The number of fused-ring (bicyclic) bond motifs is 1. The third-order valence-corrected chi connectivity index (χ3v) is 2.73. The summed E-state index contributed by atoms with van der Waals surface area (Å²) in [6.07, 6.45) is 3.79. The maximum Gasteiger partial charge on any atom is 0.295 e. The summed E-state index contributed by atoms with van der Waals surface area (Å²) in [7, 11) is 0. The van der Waals surface area contributed by atoms with Gasteiger partial charge < -0.3 is 9.73 Å². The summed E-state index contributed by atoms with van der Waals surface area (Å²) < 4.78 is 5.55. The summed E-state index contributed by atoms with van der Waals surface area (Å²) in [4.78, 5) is 4.36. The summed E-state index contributed by atoms with van der Waals surface area (Å²) in [5, 5.41) is 3.29. The molecular weight excluding hydrogens is 176 g/mol. The van der Waals surface area contributed by atoms with Crippen LogP contribution in [0.2, 0.25) is 0 Å². The van der Waals surface area contributed by atoms with Gasteiger partial charge in [-0.3, -0.25) is 0 Å². The minimum atomic E-state index is 0.572. The minimum absolute atomic E-state index is 0.572. The Kier molecular flexibility index (Phi) is 1.69. The summed E-state index contributed by atoms with van der Waals surface area (Å²) >= 11 is 0. The van der Waals surface area contributed by atoms with E-state index < -0.39 is 0 Å². The molecule has 1 heterocycles. The van der Waals surface area contributed by atoms with Crippen LogP contribution in [0.15, 0.2) is 28.7 Å². The second kappa shape index (κ2) is 3.01. The lowest BCUT2D eigenvalue weighted by atomic mass is 9.93. The summed E-state index contributed by atoms with van der Waals surface area (Å²) in [5.41, 5.74) is 1.78. The third-order valence-electron chi connectivity index (χ3n) is 2.73. The molecule has 14 heavy (non-hydrogen) atoms. The smallest absolute Gasteiger partial charge is 0.295 e. The highest BCUT2D eigenvalue weighted by molar-refractivity contribution is 5.74. The maximum atomic E-state index is 5.55. The Morgan fingerprint density at radius 1 is 1.29 bits per heavy atom. The predicted octanol–water partition coefficient (Wildman–Crippen LogP) is 2.79. The van der Waals surface area contributed by atoms with E-state index in [0.717, 1.165) is 11.1 Å². The average molecular weight is 188 g/mol. The van der Waals surface area contributed by atoms with Gasteiger partial charge in [0.1, 0.15) is 5.52 Å². The van der Waals surface area contributed by atoms with Crippen molar-refractivity contribution in [3.8, 4) is 0 Å². The number of hydrogen-bond donors (Lipinski definition) is 1. The van der Waals surface area contributed by atoms with Gasteiger partial charge in [-0.05, 0) is 31.4 Å². The number of rotatable bonds is 2. The molecule has 1 saturated carbocycles. The van der Waals surface area contributed by atoms with Gasteiger partial charge in [-0.15, -0.1) is 0 Å². The molecule has 0 unspecified atom stereocenters. The van der Waals surface area contributed by atoms with Gasteiger partial charge in [-0.2, -0.15) is 4.98 Å². The fourth-order valence-corrected chi connectivity index (χ4v) is 1.66. The molecule has 0 spiro atoms. The number of oxazole rings is 1. The molecule has 1 aliphatic carbocycles. The van der Waals surface area contributed by atoms with Crippen molar-refractivity contribution in [1.29, 1.82) is 0 Å². The van der Waals surface area contributed by atoms with Crippen molar-refractivity contribution in [2.75, 3.05) is 5.32 Å². The Morgan fingerprint density at radius 3 is 2.86 bits per heavy atom. The van der Waals surface area contributed by atoms with E-state index in [1.807, 2.05) is 24.3 Å². The largest absolute Gasteiger partial charge is 0.424 e. The Balaban J connectivity index is 1.89. The summed E-state index contributed by atoms with van der Waals surface area (Å²) in [6, 6.07) is 9.07. The molecule has 1 N–H and O–H groups in total. The van der Waals surface area contributed by atoms with Crippen molar-refractivity contribution >= 4 is 17.1 Å². The lowest BCUT2D eigenvalue weighted by Crippen LogP contribution is -2.26. The van der Waals surface area contributed by atoms with E-state index in [-0.39, 0.29) is 0 Å². The van der Waals surface area contributed by atoms with E-state index in [1.165, 1.54) is 19.3 Å². The molecule has 72 valence electrons. The number of para-hydroxylation sites is 2. The van der Waals surface area contributed by atoms with Crippen molar-refractivity contribution in [3.63, 3.8) is 0 Å². The SMILES string of the molecule is c1ccc2oc(NC3CCC3)nc2c1. The second-order valence-electron chi connectivity index (χ2n) is 3.76. The number of nitrogens with zero attached hydrogens (tertiary/aromatic N) is 1. The van der Waals surface area contributed by atoms with Crippen LogP contribution < -0.4 is 5.32 Å². The van der Waals surface area contributed by atoms with Crippen molar-refractivity contribution in [3.05, 3.63) is 24.3 Å². The zero-order valence-corrected chi connectivity index (χ0v) is 7.86. The van der Waals surface area contributed by atoms with E-state index in [4.69, 9.17) is 4.42 Å². The van der Waals surface area contributed by atoms with Crippen LogP contribution in [0.25, 0.3) is 11.1 Å². The molecule has 0 atom stereocenters. The molecule has 1 aromatic heterocycles. The van der Waals surface area contributed by atoms with Crippen molar-refractivity contribution in [2.24, 2.45) is 0 Å². The molecule has 2 aromatic rings. The van der Waals surface area contributed by atoms with E-state index in [1.54, 1.807) is 0 Å². The average Bonchev–Trinajstić information content (AvgIpc) is 2.53. The highest BCUT2D eigenvalue weighted by atomic mass is 16.4. The molecule has 0 saturated heterocycles. The van der Waals surface area contributed by atoms with Crippen LogP contribution in [0, 0.1) is 0 Å². The van der Waals surface area contributed by atoms with Gasteiger partial charge >= 0.3 is 0 Å². The molecule has 1 aliphatic rings. The molecule has 0 bridgehead atoms. The Labute approximate surface area is 82.1 Å². The Morgan fingerprint density at radius 2 is 2.14 bits per heavy atom. The highest BCUT2D eigenvalue weighted by Crippen LogP contribution is 2.25. The van der Waals surface area contributed by atoms with Gasteiger partial charge in [-0.1, -0.05) is 12.1 Å². The van der Waals surface area contributed by atoms with Crippen molar-refractivity contribution < 1.29 is 4.42 Å². The van der Waals surface area contributed by atoms with Crippen LogP contribution in [0.3, 0.4) is 0 Å². The standard InChI is InChI=1S/C11H12N2O/c1-2-7-10-9(6-1)13-11(14-10)12-8-4-3-5-8/h1-2,6-8H,3-5H2,(H,12,13). The molecule has 0 aliphatic heterocycles. The molecule has 3 rings (SSSR count). The fraction of sp³-hybridized carbons (Fsp3) is 0.364. The van der Waals surface area contributed by atoms with Crippen LogP contribution in [0.1, 0.15) is 19.3 Å². The first kappa shape index (κ1) is 7.85. The minimum Gasteiger partial charge on any atom is -0.424 e. The molecule has 1 aromatic carbocycles. The normalized spacial score (nSPS) is 16.9. The fourth-order valence-electron chi connectivity index (χ4n) is 1.66. The van der Waals surface area contributed by atoms with Crippen LogP contribution >= 0.6 is 0 Å². The number of anilines is 1. The Bertz CT molecular complexity index is 412. The second-order valence-corrected chi connectivity index (χ2v) is 3.76. The van der Waals surface area contributed by atoms with E-state index in [9.17, 15) is 0 Å². The van der Waals surface area contributed by atoms with Gasteiger partial charge in [0.25, 0.3) is 6.01 Å². The quantitative estimate of drug-likeness (QED) is 0.787. The molecule has 0 amide bonds. The lowest BCUT2D eigenvalue weighted by Gasteiger charge is -2.25. The summed E-state index contributed by atoms with van der Waals surface area (Å²) in [5.74, 6) is 0. The third kappa shape index (κ3) is 1.25. The summed E-state index contributed by atoms with van der Waals surface area (Å²) in [6.45, 7) is 0. The topological polar surface area (TPSA) is 38.1 Å². The monoisotopic (exact) mass is 188 g/mol. The first-order valence-corrected chi connectivity index (χ1v) is 5.04. The van der Waals surface area contributed by atoms with Gasteiger partial charge in [0.2, 0.25) is 0 Å². The van der Waals surface area contributed by atoms with Gasteiger partial charge in [0.15, 0.2) is 5.58 Å². The molecule has 3 heteroatoms. The Hall–Kier alpha value is -1.51. The van der Waals surface area contributed by atoms with Crippen LogP contribution in [-0.4, -0.2) is 11.0 Å². The van der Waals surface area contributed by atoms with Gasteiger partial charge in [0.05, 0.1) is 0 Å². The van der Waals surface area contributed by atoms with Crippen molar-refractivity contribution in [1.82, 2.24) is 4.98 Å². The van der Waals surface area contributed by atoms with E-state index >= 15 is 0 Å². The number of nitrogens with one attached hydrogen (secondary N) is 1. The molecule has 0 radical (unpaired) electrons. The molecule has 3 nitrogen and oxygen atoms in total. The lowest BCUT2D eigenvalue weighted by molar-refractivity contribution is 0.432. The zero-order valence-electron chi connectivity index (χ0n) is 7.86. The maximum absolute atomic E-state index is 5.55. The van der Waals surface area contributed by atoms with Crippen LogP contribution in [-0.2, 0) is 0 Å². The van der Waals surface area contributed by atoms with E-state index in [2.05, 4.69) is 10.3 Å². The number of aromatic nitrogens is 1.